The zero-order valence-electron chi connectivity index (χ0n) is 10.7. The molecule has 1 aliphatic rings. The van der Waals surface area contributed by atoms with Gasteiger partial charge < -0.3 is 19.5 Å². The van der Waals surface area contributed by atoms with Crippen molar-refractivity contribution in [3.05, 3.63) is 5.89 Å². The number of ether oxygens (including phenoxy) is 1. The summed E-state index contributed by atoms with van der Waals surface area (Å²) in [7, 11) is 0. The molecule has 1 saturated heterocycles. The van der Waals surface area contributed by atoms with Crippen LogP contribution in [0.15, 0.2) is 4.52 Å². The van der Waals surface area contributed by atoms with Crippen molar-refractivity contribution in [3.8, 4) is 0 Å². The van der Waals surface area contributed by atoms with Crippen LogP contribution in [0.3, 0.4) is 0 Å². The molecule has 0 atom stereocenters. The highest BCUT2D eigenvalue weighted by Gasteiger charge is 2.28. The van der Waals surface area contributed by atoms with Crippen molar-refractivity contribution in [2.45, 2.75) is 26.3 Å². The van der Waals surface area contributed by atoms with Gasteiger partial charge in [-0.2, -0.15) is 4.98 Å². The van der Waals surface area contributed by atoms with Gasteiger partial charge in [0.1, 0.15) is 0 Å². The van der Waals surface area contributed by atoms with Crippen LogP contribution in [0, 0.1) is 0 Å². The van der Waals surface area contributed by atoms with Gasteiger partial charge in [-0.3, -0.25) is 0 Å². The second-order valence-corrected chi connectivity index (χ2v) is 4.65. The van der Waals surface area contributed by atoms with Crippen LogP contribution in [0.25, 0.3) is 0 Å². The lowest BCUT2D eigenvalue weighted by Gasteiger charge is -2.25. The molecule has 1 aromatic heterocycles. The van der Waals surface area contributed by atoms with Gasteiger partial charge in [0.25, 0.3) is 5.95 Å². The van der Waals surface area contributed by atoms with Crippen LogP contribution in [0.5, 0.6) is 0 Å². The van der Waals surface area contributed by atoms with Crippen LogP contribution in [-0.4, -0.2) is 43.0 Å². The molecule has 0 amide bonds. The van der Waals surface area contributed by atoms with Crippen LogP contribution in [0.4, 0.5) is 5.95 Å². The van der Waals surface area contributed by atoms with E-state index < -0.39 is 0 Å². The zero-order valence-corrected chi connectivity index (χ0v) is 10.7. The average molecular weight is 240 g/mol. The highest BCUT2D eigenvalue weighted by Crippen LogP contribution is 2.20. The highest BCUT2D eigenvalue weighted by atomic mass is 16.5. The summed E-state index contributed by atoms with van der Waals surface area (Å²) in [6, 6.07) is 0. The second-order valence-electron chi connectivity index (χ2n) is 4.65. The Morgan fingerprint density at radius 1 is 1.35 bits per heavy atom. The topological polar surface area (TPSA) is 63.4 Å². The van der Waals surface area contributed by atoms with Crippen LogP contribution < -0.4 is 10.2 Å². The Morgan fingerprint density at radius 3 is 2.71 bits per heavy atom. The zero-order chi connectivity index (χ0) is 12.3. The summed E-state index contributed by atoms with van der Waals surface area (Å²) >= 11 is 0. The summed E-state index contributed by atoms with van der Waals surface area (Å²) < 4.78 is 10.6. The molecule has 0 radical (unpaired) electrons. The van der Waals surface area contributed by atoms with E-state index in [1.54, 1.807) is 0 Å². The van der Waals surface area contributed by atoms with E-state index in [0.29, 0.717) is 11.8 Å². The fourth-order valence-corrected chi connectivity index (χ4v) is 1.88. The fraction of sp³-hybridized carbons (Fsp3) is 0.818. The summed E-state index contributed by atoms with van der Waals surface area (Å²) in [6.07, 6.45) is 0. The molecule has 0 saturated carbocycles. The van der Waals surface area contributed by atoms with Crippen LogP contribution in [0.2, 0.25) is 0 Å². The summed E-state index contributed by atoms with van der Waals surface area (Å²) in [6.45, 7) is 10.1. The van der Waals surface area contributed by atoms with E-state index in [2.05, 4.69) is 27.3 Å². The van der Waals surface area contributed by atoms with Crippen LogP contribution in [-0.2, 0) is 10.3 Å². The number of nitrogens with one attached hydrogen (secondary N) is 1. The minimum atomic E-state index is -0.285. The first-order valence-corrected chi connectivity index (χ1v) is 6.05. The molecule has 1 fully saturated rings. The number of anilines is 1. The number of aromatic nitrogens is 2. The monoisotopic (exact) mass is 240 g/mol. The second kappa shape index (κ2) is 5.01. The number of rotatable bonds is 4. The van der Waals surface area contributed by atoms with E-state index in [1.807, 2.05) is 13.8 Å². The third-order valence-corrected chi connectivity index (χ3v) is 2.86. The lowest BCUT2D eigenvalue weighted by molar-refractivity contribution is 0.121. The molecule has 6 heteroatoms. The van der Waals surface area contributed by atoms with Crippen molar-refractivity contribution >= 4 is 5.95 Å². The maximum absolute atomic E-state index is 5.33. The number of hydrogen-bond acceptors (Lipinski definition) is 6. The standard InChI is InChI=1S/C11H20N4O2/c1-4-12-11(2,3)9-13-10(14-17-9)15-5-7-16-8-6-15/h12H,4-8H2,1-3H3. The van der Waals surface area contributed by atoms with E-state index in [0.717, 1.165) is 32.8 Å². The lowest BCUT2D eigenvalue weighted by atomic mass is 10.1. The van der Waals surface area contributed by atoms with E-state index in [1.165, 1.54) is 0 Å². The van der Waals surface area contributed by atoms with Gasteiger partial charge in [-0.15, -0.1) is 0 Å². The maximum Gasteiger partial charge on any atom is 0.266 e. The van der Waals surface area contributed by atoms with E-state index in [-0.39, 0.29) is 5.54 Å². The first-order chi connectivity index (χ1) is 8.13. The molecule has 0 unspecified atom stereocenters. The molecule has 1 aromatic rings. The molecule has 0 aromatic carbocycles. The SMILES string of the molecule is CCNC(C)(C)c1nc(N2CCOCC2)no1. The predicted molar refractivity (Wildman–Crippen MR) is 64.0 cm³/mol. The summed E-state index contributed by atoms with van der Waals surface area (Å²) in [5.41, 5.74) is -0.285. The molecule has 0 spiro atoms. The van der Waals surface area contributed by atoms with Gasteiger partial charge in [-0.25, -0.2) is 0 Å². The molecule has 2 heterocycles. The van der Waals surface area contributed by atoms with Crippen molar-refractivity contribution in [3.63, 3.8) is 0 Å². The molecular weight excluding hydrogens is 220 g/mol. The summed E-state index contributed by atoms with van der Waals surface area (Å²) in [5, 5.41) is 7.35. The molecule has 2 rings (SSSR count). The molecule has 0 bridgehead atoms. The van der Waals surface area contributed by atoms with Crippen molar-refractivity contribution in [1.29, 1.82) is 0 Å². The number of morpholine rings is 1. The quantitative estimate of drug-likeness (QED) is 0.838. The Morgan fingerprint density at radius 2 is 2.06 bits per heavy atom. The highest BCUT2D eigenvalue weighted by molar-refractivity contribution is 5.28. The van der Waals surface area contributed by atoms with E-state index in [9.17, 15) is 0 Å². The summed E-state index contributed by atoms with van der Waals surface area (Å²) in [4.78, 5) is 6.54. The minimum Gasteiger partial charge on any atom is -0.378 e. The van der Waals surface area contributed by atoms with Gasteiger partial charge in [0.15, 0.2) is 0 Å². The molecule has 1 aliphatic heterocycles. The van der Waals surface area contributed by atoms with E-state index >= 15 is 0 Å². The first-order valence-electron chi connectivity index (χ1n) is 6.05. The molecule has 0 aliphatic carbocycles. The maximum atomic E-state index is 5.33. The Balaban J connectivity index is 2.09. The largest absolute Gasteiger partial charge is 0.378 e. The van der Waals surface area contributed by atoms with Crippen molar-refractivity contribution in [2.75, 3.05) is 37.7 Å². The molecule has 6 nitrogen and oxygen atoms in total. The van der Waals surface area contributed by atoms with Crippen LogP contribution >= 0.6 is 0 Å². The van der Waals surface area contributed by atoms with Gasteiger partial charge in [-0.05, 0) is 25.5 Å². The number of nitrogens with zero attached hydrogens (tertiary/aromatic N) is 3. The molecule has 1 N–H and O–H groups in total. The Labute approximate surface area is 101 Å². The first kappa shape index (κ1) is 12.3. The predicted octanol–water partition coefficient (Wildman–Crippen LogP) is 0.751. The fourth-order valence-electron chi connectivity index (χ4n) is 1.88. The van der Waals surface area contributed by atoms with Crippen molar-refractivity contribution in [1.82, 2.24) is 15.5 Å². The van der Waals surface area contributed by atoms with Gasteiger partial charge in [0.05, 0.1) is 18.8 Å². The van der Waals surface area contributed by atoms with Gasteiger partial charge >= 0.3 is 0 Å². The Hall–Kier alpha value is -1.14. The minimum absolute atomic E-state index is 0.285. The van der Waals surface area contributed by atoms with Gasteiger partial charge in [0.2, 0.25) is 5.89 Å². The van der Waals surface area contributed by atoms with Crippen LogP contribution in [0.1, 0.15) is 26.7 Å². The lowest BCUT2D eigenvalue weighted by Crippen LogP contribution is -2.38. The normalized spacial score (nSPS) is 17.5. The molecule has 96 valence electrons. The molecule has 17 heavy (non-hydrogen) atoms. The third kappa shape index (κ3) is 2.76. The number of hydrogen-bond donors (Lipinski definition) is 1. The average Bonchev–Trinajstić information content (AvgIpc) is 2.80. The van der Waals surface area contributed by atoms with Gasteiger partial charge in [-0.1, -0.05) is 6.92 Å². The van der Waals surface area contributed by atoms with Crippen molar-refractivity contribution < 1.29 is 9.26 Å². The van der Waals surface area contributed by atoms with E-state index in [4.69, 9.17) is 9.26 Å². The summed E-state index contributed by atoms with van der Waals surface area (Å²) in [5.74, 6) is 1.29. The Bertz CT molecular complexity index is 358. The Kier molecular flexibility index (Phi) is 3.63. The van der Waals surface area contributed by atoms with Crippen molar-refractivity contribution in [2.24, 2.45) is 0 Å². The van der Waals surface area contributed by atoms with Gasteiger partial charge in [0, 0.05) is 13.1 Å². The molecular formula is C11H20N4O2. The third-order valence-electron chi connectivity index (χ3n) is 2.86. The smallest absolute Gasteiger partial charge is 0.266 e.